The van der Waals surface area contributed by atoms with Gasteiger partial charge in [0, 0.05) is 17.8 Å². The number of halogens is 1. The third-order valence-corrected chi connectivity index (χ3v) is 3.41. The van der Waals surface area contributed by atoms with Crippen LogP contribution in [-0.2, 0) is 13.1 Å². The van der Waals surface area contributed by atoms with E-state index < -0.39 is 0 Å². The van der Waals surface area contributed by atoms with Crippen molar-refractivity contribution in [3.8, 4) is 5.75 Å². The molecule has 0 saturated carbocycles. The molecule has 0 radical (unpaired) electrons. The second-order valence-corrected chi connectivity index (χ2v) is 5.36. The van der Waals surface area contributed by atoms with Crippen molar-refractivity contribution >= 4 is 29.9 Å². The lowest BCUT2D eigenvalue weighted by Crippen LogP contribution is -2.37. The molecular weight excluding hydrogens is 427 g/mol. The van der Waals surface area contributed by atoms with Crippen LogP contribution in [0.1, 0.15) is 30.8 Å². The first kappa shape index (κ1) is 21.2. The van der Waals surface area contributed by atoms with Crippen molar-refractivity contribution in [3.63, 3.8) is 0 Å². The number of rotatable bonds is 7. The number of aryl methyl sites for hydroxylation is 1. The number of pyridine rings is 1. The molecule has 2 rings (SSSR count). The van der Waals surface area contributed by atoms with E-state index in [9.17, 15) is 0 Å². The first-order valence-corrected chi connectivity index (χ1v) is 8.38. The Kier molecular flexibility index (Phi) is 9.91. The lowest BCUT2D eigenvalue weighted by Gasteiger charge is -2.12. The van der Waals surface area contributed by atoms with E-state index in [1.54, 1.807) is 0 Å². The molecule has 0 atom stereocenters. The highest BCUT2D eigenvalue weighted by Gasteiger charge is 2.03. The lowest BCUT2D eigenvalue weighted by molar-refractivity contribution is 0.336. The third-order valence-electron chi connectivity index (χ3n) is 3.41. The minimum absolute atomic E-state index is 0. The van der Waals surface area contributed by atoms with Crippen molar-refractivity contribution in [1.82, 2.24) is 15.6 Å². The highest BCUT2D eigenvalue weighted by Crippen LogP contribution is 2.18. The summed E-state index contributed by atoms with van der Waals surface area (Å²) in [6.45, 7) is 8.69. The van der Waals surface area contributed by atoms with Crippen molar-refractivity contribution in [2.75, 3.05) is 13.2 Å². The zero-order valence-corrected chi connectivity index (χ0v) is 17.4. The van der Waals surface area contributed by atoms with Gasteiger partial charge in [-0.05, 0) is 39.0 Å². The second kappa shape index (κ2) is 11.7. The topological polar surface area (TPSA) is 58.5 Å². The highest BCUT2D eigenvalue weighted by molar-refractivity contribution is 14.0. The van der Waals surface area contributed by atoms with Gasteiger partial charge in [0.05, 0.1) is 25.4 Å². The lowest BCUT2D eigenvalue weighted by atomic mass is 10.2. The molecule has 2 N–H and O–H groups in total. The van der Waals surface area contributed by atoms with Crippen LogP contribution in [0.15, 0.2) is 47.5 Å². The van der Waals surface area contributed by atoms with Crippen molar-refractivity contribution in [2.45, 2.75) is 33.9 Å². The van der Waals surface area contributed by atoms with Crippen molar-refractivity contribution in [1.29, 1.82) is 0 Å². The Hall–Kier alpha value is -1.83. The summed E-state index contributed by atoms with van der Waals surface area (Å²) in [7, 11) is 0. The maximum absolute atomic E-state index is 5.65. The quantitative estimate of drug-likeness (QED) is 0.381. The summed E-state index contributed by atoms with van der Waals surface area (Å²) in [6, 6.07) is 14.0. The number of para-hydroxylation sites is 1. The van der Waals surface area contributed by atoms with E-state index in [1.165, 1.54) is 0 Å². The number of nitrogens with one attached hydrogen (secondary N) is 2. The van der Waals surface area contributed by atoms with E-state index >= 15 is 0 Å². The first-order valence-electron chi connectivity index (χ1n) is 8.38. The van der Waals surface area contributed by atoms with Crippen LogP contribution in [0.3, 0.4) is 0 Å². The van der Waals surface area contributed by atoms with Gasteiger partial charge in [-0.15, -0.1) is 24.0 Å². The number of nitrogens with zero attached hydrogens (tertiary/aromatic N) is 2. The van der Waals surface area contributed by atoms with Gasteiger partial charge in [-0.2, -0.15) is 0 Å². The van der Waals surface area contributed by atoms with Crippen LogP contribution < -0.4 is 15.4 Å². The summed E-state index contributed by atoms with van der Waals surface area (Å²) in [5.74, 6) is 1.66. The average Bonchev–Trinajstić information content (AvgIpc) is 2.59. The molecule has 0 saturated heterocycles. The molecule has 0 aliphatic carbocycles. The van der Waals surface area contributed by atoms with E-state index in [-0.39, 0.29) is 24.0 Å². The molecule has 0 aliphatic heterocycles. The normalized spacial score (nSPS) is 10.8. The maximum atomic E-state index is 5.65. The Morgan fingerprint density at radius 1 is 1.08 bits per heavy atom. The smallest absolute Gasteiger partial charge is 0.191 e. The molecule has 1 aromatic heterocycles. The summed E-state index contributed by atoms with van der Waals surface area (Å²) in [5.41, 5.74) is 3.09. The number of hydrogen-bond donors (Lipinski definition) is 2. The molecule has 6 heteroatoms. The Bertz CT molecular complexity index is 676. The molecule has 1 heterocycles. The van der Waals surface area contributed by atoms with Crippen molar-refractivity contribution in [2.24, 2.45) is 4.99 Å². The van der Waals surface area contributed by atoms with Gasteiger partial charge in [0.1, 0.15) is 5.75 Å². The summed E-state index contributed by atoms with van der Waals surface area (Å²) in [5, 5.41) is 6.58. The predicted molar refractivity (Wildman–Crippen MR) is 114 cm³/mol. The molecule has 0 aliphatic rings. The van der Waals surface area contributed by atoms with Crippen molar-refractivity contribution < 1.29 is 4.74 Å². The van der Waals surface area contributed by atoms with Crippen LogP contribution in [0.2, 0.25) is 0 Å². The van der Waals surface area contributed by atoms with Crippen LogP contribution >= 0.6 is 24.0 Å². The van der Waals surface area contributed by atoms with E-state index in [2.05, 4.69) is 27.5 Å². The molecule has 0 bridgehead atoms. The van der Waals surface area contributed by atoms with Crippen LogP contribution in [0.25, 0.3) is 0 Å². The first-order chi connectivity index (χ1) is 11.7. The fourth-order valence-electron chi connectivity index (χ4n) is 2.31. The van der Waals surface area contributed by atoms with Gasteiger partial charge >= 0.3 is 0 Å². The molecule has 0 unspecified atom stereocenters. The second-order valence-electron chi connectivity index (χ2n) is 5.36. The summed E-state index contributed by atoms with van der Waals surface area (Å²) in [4.78, 5) is 9.15. The van der Waals surface area contributed by atoms with Gasteiger partial charge in [-0.1, -0.05) is 24.3 Å². The molecule has 5 nitrogen and oxygen atoms in total. The van der Waals surface area contributed by atoms with Gasteiger partial charge in [0.25, 0.3) is 0 Å². The fourth-order valence-corrected chi connectivity index (χ4v) is 2.31. The SMILES string of the molecule is CCNC(=NCc1ccccc1OCC)NCc1cccc(C)n1.I. The standard InChI is InChI=1S/C19H26N4O.HI/c1-4-20-19(22-14-17-11-8-9-15(3)23-17)21-13-16-10-6-7-12-18(16)24-5-2;/h6-12H,4-5,13-14H2,1-3H3,(H2,20,21,22);1H. The Labute approximate surface area is 167 Å². The number of benzene rings is 1. The van der Waals surface area contributed by atoms with E-state index in [1.807, 2.05) is 56.3 Å². The number of aliphatic imine (C=N–C) groups is 1. The summed E-state index contributed by atoms with van der Waals surface area (Å²) < 4.78 is 5.65. The zero-order chi connectivity index (χ0) is 17.2. The molecule has 25 heavy (non-hydrogen) atoms. The summed E-state index contributed by atoms with van der Waals surface area (Å²) in [6.07, 6.45) is 0. The maximum Gasteiger partial charge on any atom is 0.191 e. The predicted octanol–water partition coefficient (Wildman–Crippen LogP) is 3.66. The van der Waals surface area contributed by atoms with Gasteiger partial charge in [0.15, 0.2) is 5.96 Å². The van der Waals surface area contributed by atoms with Gasteiger partial charge in [0.2, 0.25) is 0 Å². The number of ether oxygens (including phenoxy) is 1. The zero-order valence-electron chi connectivity index (χ0n) is 15.1. The molecule has 1 aromatic carbocycles. The van der Waals surface area contributed by atoms with Gasteiger partial charge < -0.3 is 15.4 Å². The minimum atomic E-state index is 0. The van der Waals surface area contributed by atoms with Crippen LogP contribution in [0.4, 0.5) is 0 Å². The Morgan fingerprint density at radius 2 is 1.88 bits per heavy atom. The fraction of sp³-hybridized carbons (Fsp3) is 0.368. The Balaban J connectivity index is 0.00000312. The third kappa shape index (κ3) is 7.29. The Morgan fingerprint density at radius 3 is 2.60 bits per heavy atom. The summed E-state index contributed by atoms with van der Waals surface area (Å²) >= 11 is 0. The highest BCUT2D eigenvalue weighted by atomic mass is 127. The molecular formula is C19H27IN4O. The molecule has 136 valence electrons. The van der Waals surface area contributed by atoms with E-state index in [0.717, 1.165) is 35.2 Å². The minimum Gasteiger partial charge on any atom is -0.494 e. The van der Waals surface area contributed by atoms with Gasteiger partial charge in [-0.3, -0.25) is 4.98 Å². The molecule has 0 fully saturated rings. The largest absolute Gasteiger partial charge is 0.494 e. The molecule has 2 aromatic rings. The van der Waals surface area contributed by atoms with Crippen LogP contribution in [0.5, 0.6) is 5.75 Å². The molecule has 0 amide bonds. The van der Waals surface area contributed by atoms with Crippen molar-refractivity contribution in [3.05, 3.63) is 59.4 Å². The van der Waals surface area contributed by atoms with E-state index in [4.69, 9.17) is 4.74 Å². The monoisotopic (exact) mass is 454 g/mol. The van der Waals surface area contributed by atoms with E-state index in [0.29, 0.717) is 19.7 Å². The van der Waals surface area contributed by atoms with Crippen LogP contribution in [-0.4, -0.2) is 24.1 Å². The van der Waals surface area contributed by atoms with Crippen LogP contribution in [0, 0.1) is 6.92 Å². The average molecular weight is 454 g/mol. The molecule has 0 spiro atoms. The number of aromatic nitrogens is 1. The van der Waals surface area contributed by atoms with Gasteiger partial charge in [-0.25, -0.2) is 4.99 Å². The number of guanidine groups is 1. The number of hydrogen-bond acceptors (Lipinski definition) is 3.